The fourth-order valence-electron chi connectivity index (χ4n) is 2.28. The lowest BCUT2D eigenvalue weighted by Crippen LogP contribution is -2.03. The Kier molecular flexibility index (Phi) is 3.00. The molecule has 0 unspecified atom stereocenters. The zero-order valence-corrected chi connectivity index (χ0v) is 10.6. The minimum atomic E-state index is 0.589. The van der Waals surface area contributed by atoms with Crippen LogP contribution in [0.2, 0.25) is 0 Å². The second-order valence-corrected chi connectivity index (χ2v) is 4.58. The number of hydrogen-bond donors (Lipinski definition) is 1. The van der Waals surface area contributed by atoms with Crippen LogP contribution in [0.15, 0.2) is 22.7 Å². The minimum Gasteiger partial charge on any atom is -0.444 e. The molecule has 2 heterocycles. The fraction of sp³-hybridized carbons (Fsp3) is 0.429. The third kappa shape index (κ3) is 2.23. The Labute approximate surface area is 106 Å². The molecule has 0 saturated heterocycles. The Hall–Kier alpha value is -1.84. The molecule has 1 N–H and O–H groups in total. The van der Waals surface area contributed by atoms with Crippen LogP contribution in [0.3, 0.4) is 0 Å². The van der Waals surface area contributed by atoms with E-state index in [0.29, 0.717) is 12.4 Å². The van der Waals surface area contributed by atoms with Crippen LogP contribution in [0.25, 0.3) is 0 Å². The molecular formula is C14H17N3O. The van der Waals surface area contributed by atoms with Crippen LogP contribution in [0.1, 0.15) is 36.3 Å². The maximum Gasteiger partial charge on any atom is 0.213 e. The molecular weight excluding hydrogens is 226 g/mol. The van der Waals surface area contributed by atoms with Crippen LogP contribution in [0.4, 0.5) is 5.82 Å². The van der Waals surface area contributed by atoms with E-state index in [9.17, 15) is 0 Å². The van der Waals surface area contributed by atoms with E-state index >= 15 is 0 Å². The van der Waals surface area contributed by atoms with Gasteiger partial charge < -0.3 is 9.73 Å². The fourth-order valence-corrected chi connectivity index (χ4v) is 2.28. The van der Waals surface area contributed by atoms with Crippen molar-refractivity contribution in [2.75, 3.05) is 5.32 Å². The maximum atomic E-state index is 5.55. The van der Waals surface area contributed by atoms with Crippen molar-refractivity contribution in [1.29, 1.82) is 0 Å². The van der Waals surface area contributed by atoms with Gasteiger partial charge in [-0.05, 0) is 30.9 Å². The van der Waals surface area contributed by atoms with Crippen molar-refractivity contribution >= 4 is 5.82 Å². The minimum absolute atomic E-state index is 0.589. The maximum absolute atomic E-state index is 5.55. The highest BCUT2D eigenvalue weighted by molar-refractivity contribution is 5.40. The van der Waals surface area contributed by atoms with E-state index in [0.717, 1.165) is 24.4 Å². The second-order valence-electron chi connectivity index (χ2n) is 4.58. The summed E-state index contributed by atoms with van der Waals surface area (Å²) in [6, 6.07) is 4.21. The van der Waals surface area contributed by atoms with Crippen LogP contribution < -0.4 is 5.32 Å². The number of rotatable bonds is 4. The number of anilines is 1. The molecule has 0 aliphatic heterocycles. The summed E-state index contributed by atoms with van der Waals surface area (Å²) in [5.41, 5.74) is 2.63. The van der Waals surface area contributed by atoms with Crippen molar-refractivity contribution < 1.29 is 4.42 Å². The van der Waals surface area contributed by atoms with Crippen molar-refractivity contribution in [3.05, 3.63) is 41.2 Å². The summed E-state index contributed by atoms with van der Waals surface area (Å²) in [6.07, 6.45) is 6.16. The summed E-state index contributed by atoms with van der Waals surface area (Å²) in [7, 11) is 0. The lowest BCUT2D eigenvalue weighted by atomic mass is 10.2. The van der Waals surface area contributed by atoms with Gasteiger partial charge in [0.2, 0.25) is 5.89 Å². The van der Waals surface area contributed by atoms with Crippen LogP contribution in [-0.2, 0) is 25.8 Å². The molecule has 0 fully saturated rings. The van der Waals surface area contributed by atoms with Gasteiger partial charge in [0.25, 0.3) is 0 Å². The van der Waals surface area contributed by atoms with E-state index in [-0.39, 0.29) is 0 Å². The third-order valence-electron chi connectivity index (χ3n) is 3.30. The number of aryl methyl sites for hydroxylation is 3. The first-order valence-electron chi connectivity index (χ1n) is 6.51. The van der Waals surface area contributed by atoms with E-state index in [2.05, 4.69) is 28.3 Å². The predicted octanol–water partition coefficient (Wildman–Crippen LogP) is 2.73. The van der Waals surface area contributed by atoms with Crippen LogP contribution in [0.5, 0.6) is 0 Å². The molecule has 94 valence electrons. The van der Waals surface area contributed by atoms with Crippen LogP contribution in [-0.4, -0.2) is 9.97 Å². The van der Waals surface area contributed by atoms with E-state index < -0.39 is 0 Å². The Morgan fingerprint density at radius 2 is 2.28 bits per heavy atom. The summed E-state index contributed by atoms with van der Waals surface area (Å²) in [5.74, 6) is 2.55. The normalized spacial score (nSPS) is 13.6. The lowest BCUT2D eigenvalue weighted by Gasteiger charge is -2.05. The number of nitrogens with zero attached hydrogens (tertiary/aromatic N) is 2. The van der Waals surface area contributed by atoms with Gasteiger partial charge in [0.1, 0.15) is 11.6 Å². The zero-order valence-electron chi connectivity index (χ0n) is 10.6. The molecule has 0 aromatic carbocycles. The van der Waals surface area contributed by atoms with Gasteiger partial charge in [0.15, 0.2) is 0 Å². The van der Waals surface area contributed by atoms with Crippen molar-refractivity contribution in [3.63, 3.8) is 0 Å². The Morgan fingerprint density at radius 3 is 3.11 bits per heavy atom. The molecule has 18 heavy (non-hydrogen) atoms. The third-order valence-corrected chi connectivity index (χ3v) is 3.30. The van der Waals surface area contributed by atoms with Crippen molar-refractivity contribution in [3.8, 4) is 0 Å². The number of oxazole rings is 1. The largest absolute Gasteiger partial charge is 0.444 e. The van der Waals surface area contributed by atoms with Crippen LogP contribution >= 0.6 is 0 Å². The summed E-state index contributed by atoms with van der Waals surface area (Å²) in [4.78, 5) is 8.83. The highest BCUT2D eigenvalue weighted by atomic mass is 16.4. The van der Waals surface area contributed by atoms with Gasteiger partial charge in [-0.2, -0.15) is 0 Å². The van der Waals surface area contributed by atoms with Crippen molar-refractivity contribution in [2.24, 2.45) is 0 Å². The van der Waals surface area contributed by atoms with Gasteiger partial charge in [0.05, 0.1) is 12.7 Å². The Bertz CT molecular complexity index is 548. The van der Waals surface area contributed by atoms with Crippen molar-refractivity contribution in [1.82, 2.24) is 9.97 Å². The zero-order chi connectivity index (χ0) is 12.4. The second kappa shape index (κ2) is 4.80. The van der Waals surface area contributed by atoms with E-state index in [1.807, 2.05) is 6.07 Å². The Balaban J connectivity index is 1.66. The summed E-state index contributed by atoms with van der Waals surface area (Å²) < 4.78 is 5.55. The number of fused-ring (bicyclic) bond motifs is 1. The average Bonchev–Trinajstić information content (AvgIpc) is 3.04. The monoisotopic (exact) mass is 243 g/mol. The summed E-state index contributed by atoms with van der Waals surface area (Å²) in [6.45, 7) is 2.64. The summed E-state index contributed by atoms with van der Waals surface area (Å²) >= 11 is 0. The van der Waals surface area contributed by atoms with Gasteiger partial charge in [-0.15, -0.1) is 0 Å². The highest BCUT2D eigenvalue weighted by Gasteiger charge is 2.12. The number of hydrogen-bond acceptors (Lipinski definition) is 4. The molecule has 1 aliphatic rings. The van der Waals surface area contributed by atoms with Gasteiger partial charge in [-0.3, -0.25) is 0 Å². The molecule has 0 amide bonds. The molecule has 4 heteroatoms. The van der Waals surface area contributed by atoms with Gasteiger partial charge >= 0.3 is 0 Å². The molecule has 1 aliphatic carbocycles. The molecule has 0 radical (unpaired) electrons. The summed E-state index contributed by atoms with van der Waals surface area (Å²) in [5, 5.41) is 3.26. The molecule has 2 aromatic heterocycles. The molecule has 0 atom stereocenters. The van der Waals surface area contributed by atoms with Crippen molar-refractivity contribution in [2.45, 2.75) is 39.2 Å². The van der Waals surface area contributed by atoms with E-state index in [1.54, 1.807) is 6.20 Å². The van der Waals surface area contributed by atoms with E-state index in [4.69, 9.17) is 4.42 Å². The van der Waals surface area contributed by atoms with Crippen LogP contribution in [0, 0.1) is 0 Å². The number of nitrogens with one attached hydrogen (secondary N) is 1. The highest BCUT2D eigenvalue weighted by Crippen LogP contribution is 2.21. The first kappa shape index (κ1) is 11.3. The predicted molar refractivity (Wildman–Crippen MR) is 69.5 cm³/mol. The quantitative estimate of drug-likeness (QED) is 0.897. The van der Waals surface area contributed by atoms with Gasteiger partial charge in [0, 0.05) is 12.1 Å². The Morgan fingerprint density at radius 1 is 1.33 bits per heavy atom. The molecule has 2 aromatic rings. The standard InChI is InChI=1S/C14H17N3O/c1-2-11-8-16-14(18-11)9-15-13-7-6-10-4-3-5-12(10)17-13/h6-8H,2-5,9H2,1H3,(H,15,17). The smallest absolute Gasteiger partial charge is 0.213 e. The average molecular weight is 243 g/mol. The van der Waals surface area contributed by atoms with E-state index in [1.165, 1.54) is 24.1 Å². The molecule has 0 spiro atoms. The van der Waals surface area contributed by atoms with Gasteiger partial charge in [-0.25, -0.2) is 9.97 Å². The molecule has 0 bridgehead atoms. The topological polar surface area (TPSA) is 51.0 Å². The SMILES string of the molecule is CCc1cnc(CNc2ccc3c(n2)CCC3)o1. The van der Waals surface area contributed by atoms with Gasteiger partial charge in [-0.1, -0.05) is 13.0 Å². The number of pyridine rings is 1. The molecule has 0 saturated carbocycles. The molecule has 3 rings (SSSR count). The first-order chi connectivity index (χ1) is 8.85. The lowest BCUT2D eigenvalue weighted by molar-refractivity contribution is 0.465. The number of aromatic nitrogens is 2. The molecule has 4 nitrogen and oxygen atoms in total. The first-order valence-corrected chi connectivity index (χ1v) is 6.51.